The van der Waals surface area contributed by atoms with Crippen molar-refractivity contribution >= 4 is 65.0 Å². The highest BCUT2D eigenvalue weighted by Gasteiger charge is 2.18. The van der Waals surface area contributed by atoms with E-state index in [1.807, 2.05) is 30.3 Å². The SMILES string of the molecule is c1ccc(-c2nc3ccc4ccc5ccc(-c6c7ccccc7c(-c7ccc8ccccc8c7)c7ccccc67)cc5c4c3o2)cc1. The molecular formula is C45H27NO. The van der Waals surface area contributed by atoms with E-state index in [4.69, 9.17) is 9.40 Å². The largest absolute Gasteiger partial charge is 0.435 e. The lowest BCUT2D eigenvalue weighted by atomic mass is 9.85. The zero-order valence-electron chi connectivity index (χ0n) is 25.4. The zero-order valence-corrected chi connectivity index (χ0v) is 25.4. The smallest absolute Gasteiger partial charge is 0.227 e. The Hall–Kier alpha value is -6.25. The molecule has 0 amide bonds. The summed E-state index contributed by atoms with van der Waals surface area (Å²) in [6.07, 6.45) is 0. The van der Waals surface area contributed by atoms with Crippen LogP contribution in [0.3, 0.4) is 0 Å². The van der Waals surface area contributed by atoms with E-state index in [1.165, 1.54) is 60.0 Å². The van der Waals surface area contributed by atoms with Crippen molar-refractivity contribution in [1.82, 2.24) is 4.98 Å². The fourth-order valence-corrected chi connectivity index (χ4v) is 7.48. The van der Waals surface area contributed by atoms with Crippen LogP contribution in [0.2, 0.25) is 0 Å². The Labute approximate surface area is 271 Å². The Kier molecular flexibility index (Phi) is 5.61. The quantitative estimate of drug-likeness (QED) is 0.150. The van der Waals surface area contributed by atoms with Gasteiger partial charge in [-0.05, 0) is 101 Å². The molecule has 0 aliphatic rings. The molecule has 1 heterocycles. The summed E-state index contributed by atoms with van der Waals surface area (Å²) in [5.41, 5.74) is 7.59. The van der Waals surface area contributed by atoms with Gasteiger partial charge in [-0.1, -0.05) is 133 Å². The molecule has 9 aromatic carbocycles. The van der Waals surface area contributed by atoms with Gasteiger partial charge in [-0.15, -0.1) is 0 Å². The van der Waals surface area contributed by atoms with Gasteiger partial charge in [0.2, 0.25) is 5.89 Å². The summed E-state index contributed by atoms with van der Waals surface area (Å²) in [6, 6.07) is 58.8. The molecule has 2 heteroatoms. The first-order valence-corrected chi connectivity index (χ1v) is 16.0. The first-order chi connectivity index (χ1) is 23.3. The minimum absolute atomic E-state index is 0.641. The van der Waals surface area contributed by atoms with Crippen molar-refractivity contribution in [2.24, 2.45) is 0 Å². The lowest BCUT2D eigenvalue weighted by molar-refractivity contribution is 0.623. The summed E-state index contributed by atoms with van der Waals surface area (Å²) < 4.78 is 6.55. The summed E-state index contributed by atoms with van der Waals surface area (Å²) in [7, 11) is 0. The average molecular weight is 598 g/mol. The summed E-state index contributed by atoms with van der Waals surface area (Å²) in [5.74, 6) is 0.641. The van der Waals surface area contributed by atoms with Crippen molar-refractivity contribution < 1.29 is 4.42 Å². The van der Waals surface area contributed by atoms with Gasteiger partial charge in [-0.25, -0.2) is 4.98 Å². The lowest BCUT2D eigenvalue weighted by Crippen LogP contribution is -1.91. The standard InChI is InChI=1S/C45H27NO/c1-2-11-31(12-3-1)45-46-40-25-24-30-21-19-29-20-23-34(27-39(29)43(30)44(40)47-45)42-37-16-8-6-14-35(37)41(36-15-7-9-17-38(36)42)33-22-18-28-10-4-5-13-32(28)26-33/h1-27H. The van der Waals surface area contributed by atoms with Crippen LogP contribution in [0.4, 0.5) is 0 Å². The summed E-state index contributed by atoms with van der Waals surface area (Å²) >= 11 is 0. The van der Waals surface area contributed by atoms with Crippen molar-refractivity contribution in [3.05, 3.63) is 164 Å². The molecule has 0 spiro atoms. The van der Waals surface area contributed by atoms with Crippen LogP contribution in [0.1, 0.15) is 0 Å². The molecule has 0 bridgehead atoms. The zero-order chi connectivity index (χ0) is 30.9. The van der Waals surface area contributed by atoms with Gasteiger partial charge in [0.1, 0.15) is 5.52 Å². The maximum atomic E-state index is 6.55. The van der Waals surface area contributed by atoms with Gasteiger partial charge in [-0.3, -0.25) is 0 Å². The predicted molar refractivity (Wildman–Crippen MR) is 198 cm³/mol. The van der Waals surface area contributed by atoms with E-state index in [0.717, 1.165) is 32.8 Å². The van der Waals surface area contributed by atoms with E-state index in [9.17, 15) is 0 Å². The molecule has 0 atom stereocenters. The molecule has 0 radical (unpaired) electrons. The predicted octanol–water partition coefficient (Wildman–Crippen LogP) is 12.6. The van der Waals surface area contributed by atoms with E-state index in [-0.39, 0.29) is 0 Å². The van der Waals surface area contributed by atoms with Crippen molar-refractivity contribution in [2.45, 2.75) is 0 Å². The monoisotopic (exact) mass is 597 g/mol. The molecule has 10 rings (SSSR count). The average Bonchev–Trinajstić information content (AvgIpc) is 3.58. The van der Waals surface area contributed by atoms with E-state index < -0.39 is 0 Å². The van der Waals surface area contributed by atoms with Gasteiger partial charge >= 0.3 is 0 Å². The number of oxazole rings is 1. The molecule has 0 fully saturated rings. The third-order valence-corrected chi connectivity index (χ3v) is 9.63. The topological polar surface area (TPSA) is 26.0 Å². The molecular weight excluding hydrogens is 571 g/mol. The molecule has 0 aliphatic carbocycles. The van der Waals surface area contributed by atoms with Crippen LogP contribution >= 0.6 is 0 Å². The van der Waals surface area contributed by atoms with Crippen LogP contribution in [-0.4, -0.2) is 4.98 Å². The molecule has 10 aromatic rings. The molecule has 2 nitrogen and oxygen atoms in total. The van der Waals surface area contributed by atoms with Gasteiger partial charge in [0.15, 0.2) is 5.58 Å². The van der Waals surface area contributed by atoms with Gasteiger partial charge in [0, 0.05) is 10.9 Å². The highest BCUT2D eigenvalue weighted by molar-refractivity contribution is 6.23. The highest BCUT2D eigenvalue weighted by Crippen LogP contribution is 2.45. The van der Waals surface area contributed by atoms with Gasteiger partial charge in [-0.2, -0.15) is 0 Å². The lowest BCUT2D eigenvalue weighted by Gasteiger charge is -2.18. The summed E-state index contributed by atoms with van der Waals surface area (Å²) in [6.45, 7) is 0. The van der Waals surface area contributed by atoms with Crippen LogP contribution in [-0.2, 0) is 0 Å². The Bertz CT molecular complexity index is 2790. The third kappa shape index (κ3) is 4.02. The molecule has 47 heavy (non-hydrogen) atoms. The fraction of sp³-hybridized carbons (Fsp3) is 0. The second-order valence-electron chi connectivity index (χ2n) is 12.3. The molecule has 0 unspecified atom stereocenters. The van der Waals surface area contributed by atoms with E-state index in [2.05, 4.69) is 133 Å². The summed E-state index contributed by atoms with van der Waals surface area (Å²) in [4.78, 5) is 4.89. The first-order valence-electron chi connectivity index (χ1n) is 16.0. The molecule has 0 aliphatic heterocycles. The van der Waals surface area contributed by atoms with Crippen molar-refractivity contribution in [2.75, 3.05) is 0 Å². The number of rotatable bonds is 3. The molecule has 0 N–H and O–H groups in total. The van der Waals surface area contributed by atoms with Crippen molar-refractivity contribution in [1.29, 1.82) is 0 Å². The Morgan fingerprint density at radius 1 is 0.362 bits per heavy atom. The number of hydrogen-bond acceptors (Lipinski definition) is 2. The minimum atomic E-state index is 0.641. The van der Waals surface area contributed by atoms with Crippen LogP contribution < -0.4 is 0 Å². The Morgan fingerprint density at radius 3 is 1.60 bits per heavy atom. The van der Waals surface area contributed by atoms with E-state index in [1.54, 1.807) is 0 Å². The van der Waals surface area contributed by atoms with Crippen LogP contribution in [0, 0.1) is 0 Å². The first kappa shape index (κ1) is 26.0. The molecule has 1 aromatic heterocycles. The highest BCUT2D eigenvalue weighted by atomic mass is 16.3. The van der Waals surface area contributed by atoms with Crippen LogP contribution in [0.5, 0.6) is 0 Å². The number of benzene rings is 9. The van der Waals surface area contributed by atoms with Gasteiger partial charge < -0.3 is 4.42 Å². The van der Waals surface area contributed by atoms with E-state index >= 15 is 0 Å². The Morgan fingerprint density at radius 2 is 0.894 bits per heavy atom. The van der Waals surface area contributed by atoms with E-state index in [0.29, 0.717) is 5.89 Å². The number of aromatic nitrogens is 1. The fourth-order valence-electron chi connectivity index (χ4n) is 7.48. The maximum absolute atomic E-state index is 6.55. The van der Waals surface area contributed by atoms with Crippen molar-refractivity contribution in [3.63, 3.8) is 0 Å². The molecule has 0 saturated carbocycles. The number of hydrogen-bond donors (Lipinski definition) is 0. The van der Waals surface area contributed by atoms with Gasteiger partial charge in [0.25, 0.3) is 0 Å². The number of fused-ring (bicyclic) bond motifs is 8. The second-order valence-corrected chi connectivity index (χ2v) is 12.3. The summed E-state index contributed by atoms with van der Waals surface area (Å²) in [5, 5.41) is 12.0. The number of nitrogens with zero attached hydrogens (tertiary/aromatic N) is 1. The normalized spacial score (nSPS) is 11.8. The minimum Gasteiger partial charge on any atom is -0.435 e. The second kappa shape index (κ2) is 10.1. The van der Waals surface area contributed by atoms with Crippen LogP contribution in [0.15, 0.2) is 168 Å². The van der Waals surface area contributed by atoms with Crippen LogP contribution in [0.25, 0.3) is 98.7 Å². The van der Waals surface area contributed by atoms with Crippen molar-refractivity contribution in [3.8, 4) is 33.7 Å². The molecule has 218 valence electrons. The Balaban J connectivity index is 1.27. The maximum Gasteiger partial charge on any atom is 0.227 e. The third-order valence-electron chi connectivity index (χ3n) is 9.63. The van der Waals surface area contributed by atoms with Gasteiger partial charge in [0.05, 0.1) is 0 Å². The molecule has 0 saturated heterocycles.